The van der Waals surface area contributed by atoms with Crippen LogP contribution in [-0.2, 0) is 9.53 Å². The monoisotopic (exact) mass is 566 g/mol. The molecule has 4 heterocycles. The molecule has 42 heavy (non-hydrogen) atoms. The number of hydrogen-bond donors (Lipinski definition) is 2. The second kappa shape index (κ2) is 11.9. The molecule has 0 bridgehead atoms. The highest BCUT2D eigenvalue weighted by molar-refractivity contribution is 6.37. The normalized spacial score (nSPS) is 19.2. The lowest BCUT2D eigenvalue weighted by molar-refractivity contribution is -0.132. The van der Waals surface area contributed by atoms with E-state index in [-0.39, 0.29) is 48.0 Å². The minimum Gasteiger partial charge on any atom is -0.383 e. The lowest BCUT2D eigenvalue weighted by atomic mass is 9.82. The number of likely N-dealkylation sites (tertiary alicyclic amines) is 1. The molecular formula is C31H34N8O3. The van der Waals surface area contributed by atoms with E-state index in [1.807, 2.05) is 49.4 Å². The number of fused-ring (bicyclic) bond motifs is 1. The number of aromatic nitrogens is 4. The number of ether oxygens (including phenoxy) is 1. The van der Waals surface area contributed by atoms with Crippen LogP contribution < -0.4 is 11.5 Å². The van der Waals surface area contributed by atoms with Crippen molar-refractivity contribution < 1.29 is 14.3 Å². The van der Waals surface area contributed by atoms with Crippen molar-refractivity contribution in [3.05, 3.63) is 78.9 Å². The minimum absolute atomic E-state index is 0.139. The number of nitrogens with two attached hydrogens (primary N) is 2. The smallest absolute Gasteiger partial charge is 0.289 e. The molecule has 3 atom stereocenters. The van der Waals surface area contributed by atoms with E-state index in [0.29, 0.717) is 29.7 Å². The fraction of sp³-hybridized carbons (Fsp3) is 0.290. The van der Waals surface area contributed by atoms with Crippen LogP contribution in [0, 0.1) is 0 Å². The zero-order valence-electron chi connectivity index (χ0n) is 23.9. The first-order chi connectivity index (χ1) is 20.2. The summed E-state index contributed by atoms with van der Waals surface area (Å²) in [7, 11) is 1.58. The molecule has 11 nitrogen and oxygen atoms in total. The van der Waals surface area contributed by atoms with Gasteiger partial charge in [-0.2, -0.15) is 9.61 Å². The number of amidine groups is 1. The first-order valence-electron chi connectivity index (χ1n) is 13.7. The van der Waals surface area contributed by atoms with Crippen LogP contribution >= 0.6 is 0 Å². The number of amides is 1. The molecule has 1 fully saturated rings. The lowest BCUT2D eigenvalue weighted by Gasteiger charge is -2.43. The second-order valence-electron chi connectivity index (χ2n) is 10.4. The standard InChI is InChI=1S/C31H34N8O3/c1-5-34-28(32)31(41)38-18(2)13-22(14-23(38)17-42-4)27-26(19(3)40)29(33)39-30(37-27)24(16-36-39)21-11-12-25(35-15-21)20-9-7-6-8-10-20/h5-12,15-16,18,22-23H,1,13-14,17,33H2,2-4H3,(H2,32,34). The average Bonchev–Trinajstić information content (AvgIpc) is 3.42. The second-order valence-corrected chi connectivity index (χ2v) is 10.4. The molecule has 4 aromatic rings. The van der Waals surface area contributed by atoms with Crippen molar-refractivity contribution in [2.75, 3.05) is 19.5 Å². The number of nitrogens with zero attached hydrogens (tertiary/aromatic N) is 6. The number of methoxy groups -OCH3 is 1. The van der Waals surface area contributed by atoms with E-state index in [4.69, 9.17) is 21.2 Å². The van der Waals surface area contributed by atoms with Gasteiger partial charge in [0.05, 0.1) is 35.8 Å². The number of benzene rings is 1. The Labute approximate surface area is 243 Å². The third-order valence-corrected chi connectivity index (χ3v) is 7.69. The zero-order valence-corrected chi connectivity index (χ0v) is 23.9. The first-order valence-corrected chi connectivity index (χ1v) is 13.7. The van der Waals surface area contributed by atoms with Crippen molar-refractivity contribution >= 4 is 29.0 Å². The largest absolute Gasteiger partial charge is 0.383 e. The van der Waals surface area contributed by atoms with E-state index in [1.54, 1.807) is 24.4 Å². The van der Waals surface area contributed by atoms with Crippen molar-refractivity contribution in [1.82, 2.24) is 24.5 Å². The summed E-state index contributed by atoms with van der Waals surface area (Å²) in [4.78, 5) is 41.4. The molecule has 1 aliphatic rings. The third-order valence-electron chi connectivity index (χ3n) is 7.69. The predicted molar refractivity (Wildman–Crippen MR) is 162 cm³/mol. The molecule has 3 aromatic heterocycles. The summed E-state index contributed by atoms with van der Waals surface area (Å²) in [5.41, 5.74) is 17.4. The van der Waals surface area contributed by atoms with Crippen LogP contribution in [0.3, 0.4) is 0 Å². The number of rotatable bonds is 7. The third kappa shape index (κ3) is 5.26. The zero-order chi connectivity index (χ0) is 30.0. The van der Waals surface area contributed by atoms with Gasteiger partial charge in [-0.25, -0.2) is 9.98 Å². The summed E-state index contributed by atoms with van der Waals surface area (Å²) in [5, 5.41) is 4.48. The van der Waals surface area contributed by atoms with Crippen LogP contribution in [0.25, 0.3) is 28.0 Å². The van der Waals surface area contributed by atoms with Crippen molar-refractivity contribution in [2.24, 2.45) is 10.7 Å². The molecule has 4 N–H and O–H groups in total. The van der Waals surface area contributed by atoms with Crippen LogP contribution in [0.4, 0.5) is 5.82 Å². The van der Waals surface area contributed by atoms with Crippen molar-refractivity contribution in [3.8, 4) is 22.4 Å². The Hall–Kier alpha value is -4.90. The Bertz CT molecular complexity index is 1660. The molecule has 0 spiro atoms. The average molecular weight is 567 g/mol. The van der Waals surface area contributed by atoms with E-state index in [0.717, 1.165) is 22.4 Å². The Morgan fingerprint density at radius 3 is 2.55 bits per heavy atom. The van der Waals surface area contributed by atoms with Gasteiger partial charge in [0.1, 0.15) is 5.82 Å². The quantitative estimate of drug-likeness (QED) is 0.194. The van der Waals surface area contributed by atoms with Gasteiger partial charge in [-0.3, -0.25) is 14.6 Å². The Balaban J connectivity index is 1.56. The topological polar surface area (TPSA) is 154 Å². The van der Waals surface area contributed by atoms with Crippen LogP contribution in [0.5, 0.6) is 0 Å². The van der Waals surface area contributed by atoms with Crippen LogP contribution in [0.15, 0.2) is 72.6 Å². The number of pyridine rings is 1. The van der Waals surface area contributed by atoms with Gasteiger partial charge in [0.25, 0.3) is 5.91 Å². The molecule has 1 aliphatic heterocycles. The summed E-state index contributed by atoms with van der Waals surface area (Å²) in [6, 6.07) is 13.3. The molecule has 1 amide bonds. The first kappa shape index (κ1) is 28.6. The molecule has 0 saturated carbocycles. The summed E-state index contributed by atoms with van der Waals surface area (Å²) in [6.45, 7) is 7.22. The number of Topliss-reactive ketones (excluding diaryl/α,β-unsaturated/α-hetero) is 1. The highest BCUT2D eigenvalue weighted by Gasteiger charge is 2.40. The molecule has 0 aliphatic carbocycles. The molecule has 0 radical (unpaired) electrons. The highest BCUT2D eigenvalue weighted by Crippen LogP contribution is 2.39. The Kier molecular flexibility index (Phi) is 8.12. The maximum Gasteiger partial charge on any atom is 0.289 e. The van der Waals surface area contributed by atoms with Gasteiger partial charge in [0.15, 0.2) is 17.3 Å². The summed E-state index contributed by atoms with van der Waals surface area (Å²) < 4.78 is 6.99. The fourth-order valence-corrected chi connectivity index (χ4v) is 5.86. The lowest BCUT2D eigenvalue weighted by Crippen LogP contribution is -2.55. The van der Waals surface area contributed by atoms with Crippen molar-refractivity contribution in [1.29, 1.82) is 0 Å². The molecule has 5 rings (SSSR count). The predicted octanol–water partition coefficient (Wildman–Crippen LogP) is 3.85. The van der Waals surface area contributed by atoms with Crippen LogP contribution in [0.2, 0.25) is 0 Å². The molecule has 1 saturated heterocycles. The van der Waals surface area contributed by atoms with E-state index in [1.165, 1.54) is 17.6 Å². The summed E-state index contributed by atoms with van der Waals surface area (Å²) >= 11 is 0. The summed E-state index contributed by atoms with van der Waals surface area (Å²) in [5.74, 6) is -0.698. The van der Waals surface area contributed by atoms with E-state index in [9.17, 15) is 9.59 Å². The number of carbonyl (C=O) groups is 2. The Morgan fingerprint density at radius 2 is 1.90 bits per heavy atom. The number of piperidine rings is 1. The van der Waals surface area contributed by atoms with E-state index in [2.05, 4.69) is 21.7 Å². The van der Waals surface area contributed by atoms with Gasteiger partial charge < -0.3 is 21.1 Å². The SMILES string of the molecule is C=CN=C(N)C(=O)N1C(C)CC(c2nc3c(-c4ccc(-c5ccccc5)nc4)cnn3c(N)c2C(C)=O)CC1COC. The number of nitrogen functional groups attached to an aromatic ring is 1. The minimum atomic E-state index is -0.387. The number of anilines is 1. The van der Waals surface area contributed by atoms with Crippen molar-refractivity contribution in [2.45, 2.75) is 44.7 Å². The van der Waals surface area contributed by atoms with E-state index < -0.39 is 0 Å². The number of aliphatic imine (C=N–C) groups is 1. The maximum atomic E-state index is 13.2. The molecular weight excluding hydrogens is 532 g/mol. The maximum absolute atomic E-state index is 13.2. The Morgan fingerprint density at radius 1 is 1.14 bits per heavy atom. The van der Waals surface area contributed by atoms with Gasteiger partial charge in [-0.1, -0.05) is 43.0 Å². The van der Waals surface area contributed by atoms with Gasteiger partial charge >= 0.3 is 0 Å². The van der Waals surface area contributed by atoms with Crippen LogP contribution in [-0.4, -0.2) is 67.8 Å². The molecule has 11 heteroatoms. The number of carbonyl (C=O) groups excluding carboxylic acids is 2. The molecule has 3 unspecified atom stereocenters. The number of ketones is 1. The van der Waals surface area contributed by atoms with Gasteiger partial charge in [-0.05, 0) is 32.8 Å². The number of hydrogen-bond acceptors (Lipinski definition) is 8. The van der Waals surface area contributed by atoms with E-state index >= 15 is 0 Å². The highest BCUT2D eigenvalue weighted by atomic mass is 16.5. The summed E-state index contributed by atoms with van der Waals surface area (Å²) in [6.07, 6.45) is 5.74. The molecule has 216 valence electrons. The van der Waals surface area contributed by atoms with Crippen LogP contribution in [0.1, 0.15) is 48.7 Å². The fourth-order valence-electron chi connectivity index (χ4n) is 5.86. The van der Waals surface area contributed by atoms with Gasteiger partial charge in [0.2, 0.25) is 0 Å². The van der Waals surface area contributed by atoms with Gasteiger partial charge in [0, 0.05) is 48.2 Å². The van der Waals surface area contributed by atoms with Gasteiger partial charge in [-0.15, -0.1) is 0 Å². The van der Waals surface area contributed by atoms with Crippen molar-refractivity contribution in [3.63, 3.8) is 0 Å². The molecule has 1 aromatic carbocycles.